The molecule has 0 aliphatic rings. The number of anilines is 1. The Hall–Kier alpha value is -3.58. The molecule has 3 rings (SSSR count). The number of rotatable bonds is 7. The van der Waals surface area contributed by atoms with Crippen LogP contribution < -0.4 is 14.8 Å². The molecule has 0 fully saturated rings. The molecule has 28 heavy (non-hydrogen) atoms. The molecule has 0 aliphatic heterocycles. The summed E-state index contributed by atoms with van der Waals surface area (Å²) in [6.07, 6.45) is 0. The van der Waals surface area contributed by atoms with Gasteiger partial charge in [-0.2, -0.15) is 0 Å². The fourth-order valence-corrected chi connectivity index (χ4v) is 2.53. The molecule has 1 amide bonds. The third-order valence-corrected chi connectivity index (χ3v) is 3.84. The quantitative estimate of drug-likeness (QED) is 0.443. The molecule has 3 aromatic carbocycles. The number of hydrogen-bond acceptors (Lipinski definition) is 5. The lowest BCUT2D eigenvalue weighted by Gasteiger charge is -2.12. The van der Waals surface area contributed by atoms with Gasteiger partial charge in [-0.3, -0.25) is 14.9 Å². The highest BCUT2D eigenvalue weighted by atomic mass is 35.5. The van der Waals surface area contributed by atoms with Gasteiger partial charge in [0.15, 0.2) is 18.1 Å². The van der Waals surface area contributed by atoms with Crippen molar-refractivity contribution in [3.8, 4) is 17.2 Å². The molecule has 0 heterocycles. The minimum absolute atomic E-state index is 0.0432. The molecule has 8 heteroatoms. The van der Waals surface area contributed by atoms with E-state index in [9.17, 15) is 14.9 Å². The Morgan fingerprint density at radius 1 is 1.00 bits per heavy atom. The second-order valence-electron chi connectivity index (χ2n) is 5.62. The molecule has 0 saturated carbocycles. The maximum atomic E-state index is 12.3. The minimum atomic E-state index is -0.623. The lowest BCUT2D eigenvalue weighted by Crippen LogP contribution is -2.20. The first-order valence-electron chi connectivity index (χ1n) is 8.21. The summed E-state index contributed by atoms with van der Waals surface area (Å²) in [7, 11) is 0. The van der Waals surface area contributed by atoms with Crippen LogP contribution in [0.3, 0.4) is 0 Å². The molecule has 3 aromatic rings. The van der Waals surface area contributed by atoms with Gasteiger partial charge in [-0.15, -0.1) is 0 Å². The molecule has 0 saturated heterocycles. The number of amides is 1. The standard InChI is InChI=1S/C20H15ClN2O5/c21-14-10-11-19(17(12-14)23(25)26)27-13-20(24)22-16-8-4-5-9-18(16)28-15-6-2-1-3-7-15/h1-12H,13H2,(H,22,24). The second-order valence-corrected chi connectivity index (χ2v) is 6.05. The summed E-state index contributed by atoms with van der Waals surface area (Å²) in [4.78, 5) is 22.7. The number of ether oxygens (including phenoxy) is 2. The van der Waals surface area contributed by atoms with Gasteiger partial charge >= 0.3 is 5.69 Å². The van der Waals surface area contributed by atoms with Crippen molar-refractivity contribution in [1.29, 1.82) is 0 Å². The van der Waals surface area contributed by atoms with Gasteiger partial charge in [0.1, 0.15) is 5.75 Å². The SMILES string of the molecule is O=C(COc1ccc(Cl)cc1[N+](=O)[O-])Nc1ccccc1Oc1ccccc1. The van der Waals surface area contributed by atoms with E-state index in [1.165, 1.54) is 12.1 Å². The number of nitrogens with zero attached hydrogens (tertiary/aromatic N) is 1. The zero-order valence-corrected chi connectivity index (χ0v) is 15.3. The van der Waals surface area contributed by atoms with Crippen molar-refractivity contribution in [3.63, 3.8) is 0 Å². The number of benzene rings is 3. The summed E-state index contributed by atoms with van der Waals surface area (Å²) in [5, 5.41) is 14.0. The summed E-state index contributed by atoms with van der Waals surface area (Å²) >= 11 is 5.76. The molecule has 0 radical (unpaired) electrons. The summed E-state index contributed by atoms with van der Waals surface area (Å²) < 4.78 is 11.1. The molecule has 0 unspecified atom stereocenters. The maximum absolute atomic E-state index is 12.3. The number of hydrogen-bond donors (Lipinski definition) is 1. The second kappa shape index (κ2) is 8.88. The van der Waals surface area contributed by atoms with Gasteiger partial charge in [0.05, 0.1) is 10.6 Å². The molecule has 0 atom stereocenters. The van der Waals surface area contributed by atoms with Gasteiger partial charge in [-0.1, -0.05) is 41.9 Å². The lowest BCUT2D eigenvalue weighted by molar-refractivity contribution is -0.385. The first-order valence-corrected chi connectivity index (χ1v) is 8.59. The van der Waals surface area contributed by atoms with Crippen molar-refractivity contribution in [3.05, 3.63) is 87.9 Å². The van der Waals surface area contributed by atoms with Crippen molar-refractivity contribution in [2.75, 3.05) is 11.9 Å². The smallest absolute Gasteiger partial charge is 0.312 e. The fourth-order valence-electron chi connectivity index (χ4n) is 2.36. The van der Waals surface area contributed by atoms with E-state index in [0.29, 0.717) is 17.2 Å². The van der Waals surface area contributed by atoms with Crippen LogP contribution in [-0.4, -0.2) is 17.4 Å². The Kier molecular flexibility index (Phi) is 6.08. The van der Waals surface area contributed by atoms with E-state index in [0.717, 1.165) is 6.07 Å². The van der Waals surface area contributed by atoms with Gasteiger partial charge in [0.25, 0.3) is 5.91 Å². The Morgan fingerprint density at radius 3 is 2.46 bits per heavy atom. The van der Waals surface area contributed by atoms with Crippen molar-refractivity contribution < 1.29 is 19.2 Å². The van der Waals surface area contributed by atoms with Crippen LogP contribution in [0, 0.1) is 10.1 Å². The van der Waals surface area contributed by atoms with Crippen LogP contribution in [-0.2, 0) is 4.79 Å². The van der Waals surface area contributed by atoms with Crippen molar-refractivity contribution >= 4 is 28.9 Å². The normalized spacial score (nSPS) is 10.2. The molecular formula is C20H15ClN2O5. The number of para-hydroxylation sites is 3. The highest BCUT2D eigenvalue weighted by Gasteiger charge is 2.17. The Morgan fingerprint density at radius 2 is 1.71 bits per heavy atom. The first kappa shape index (κ1) is 19.2. The van der Waals surface area contributed by atoms with Gasteiger partial charge in [0.2, 0.25) is 0 Å². The van der Waals surface area contributed by atoms with Gasteiger partial charge in [-0.25, -0.2) is 0 Å². The van der Waals surface area contributed by atoms with Crippen molar-refractivity contribution in [2.45, 2.75) is 0 Å². The Balaban J connectivity index is 1.67. The fraction of sp³-hybridized carbons (Fsp3) is 0.0500. The van der Waals surface area contributed by atoms with E-state index >= 15 is 0 Å². The van der Waals surface area contributed by atoms with Crippen LogP contribution in [0.4, 0.5) is 11.4 Å². The summed E-state index contributed by atoms with van der Waals surface area (Å²) in [6.45, 7) is -0.415. The van der Waals surface area contributed by atoms with Gasteiger partial charge < -0.3 is 14.8 Å². The van der Waals surface area contributed by atoms with Crippen LogP contribution in [0.2, 0.25) is 5.02 Å². The van der Waals surface area contributed by atoms with Gasteiger partial charge in [0, 0.05) is 11.1 Å². The third kappa shape index (κ3) is 4.99. The van der Waals surface area contributed by atoms with E-state index in [-0.39, 0.29) is 16.5 Å². The molecule has 7 nitrogen and oxygen atoms in total. The molecule has 0 bridgehead atoms. The van der Waals surface area contributed by atoms with Gasteiger partial charge in [-0.05, 0) is 36.4 Å². The molecule has 0 aromatic heterocycles. The monoisotopic (exact) mass is 398 g/mol. The van der Waals surface area contributed by atoms with E-state index in [1.54, 1.807) is 36.4 Å². The van der Waals surface area contributed by atoms with Crippen LogP contribution in [0.15, 0.2) is 72.8 Å². The molecule has 142 valence electrons. The van der Waals surface area contributed by atoms with Crippen LogP contribution >= 0.6 is 11.6 Å². The number of halogens is 1. The largest absolute Gasteiger partial charge is 0.477 e. The predicted molar refractivity (Wildman–Crippen MR) is 105 cm³/mol. The Labute approximate surface area is 165 Å². The average molecular weight is 399 g/mol. The zero-order chi connectivity index (χ0) is 19.9. The van der Waals surface area contributed by atoms with E-state index in [4.69, 9.17) is 21.1 Å². The van der Waals surface area contributed by atoms with Crippen LogP contribution in [0.5, 0.6) is 17.2 Å². The number of nitrogens with one attached hydrogen (secondary N) is 1. The number of nitro benzene ring substituents is 1. The lowest BCUT2D eigenvalue weighted by atomic mass is 10.3. The maximum Gasteiger partial charge on any atom is 0.312 e. The molecular weight excluding hydrogens is 384 g/mol. The molecule has 0 spiro atoms. The summed E-state index contributed by atoms with van der Waals surface area (Å²) in [5.74, 6) is 0.545. The summed E-state index contributed by atoms with van der Waals surface area (Å²) in [5.41, 5.74) is 0.138. The van der Waals surface area contributed by atoms with E-state index < -0.39 is 17.4 Å². The molecule has 1 N–H and O–H groups in total. The predicted octanol–water partition coefficient (Wildman–Crippen LogP) is 5.06. The number of carbonyl (C=O) groups is 1. The molecule has 0 aliphatic carbocycles. The third-order valence-electron chi connectivity index (χ3n) is 3.61. The number of nitro groups is 1. The van der Waals surface area contributed by atoms with E-state index in [2.05, 4.69) is 5.32 Å². The average Bonchev–Trinajstić information content (AvgIpc) is 2.69. The number of carbonyl (C=O) groups excluding carboxylic acids is 1. The van der Waals surface area contributed by atoms with Crippen LogP contribution in [0.25, 0.3) is 0 Å². The highest BCUT2D eigenvalue weighted by Crippen LogP contribution is 2.31. The van der Waals surface area contributed by atoms with Crippen molar-refractivity contribution in [2.24, 2.45) is 0 Å². The minimum Gasteiger partial charge on any atom is -0.477 e. The van der Waals surface area contributed by atoms with Crippen LogP contribution in [0.1, 0.15) is 0 Å². The first-order chi connectivity index (χ1) is 13.5. The van der Waals surface area contributed by atoms with E-state index in [1.807, 2.05) is 18.2 Å². The van der Waals surface area contributed by atoms with Crippen molar-refractivity contribution in [1.82, 2.24) is 0 Å². The zero-order valence-electron chi connectivity index (χ0n) is 14.5. The highest BCUT2D eigenvalue weighted by molar-refractivity contribution is 6.30. The topological polar surface area (TPSA) is 90.7 Å². The Bertz CT molecular complexity index is 995. The summed E-state index contributed by atoms with van der Waals surface area (Å²) in [6, 6.07) is 20.0.